The fourth-order valence-electron chi connectivity index (χ4n) is 1.99. The monoisotopic (exact) mass is 283 g/mol. The van der Waals surface area contributed by atoms with E-state index < -0.39 is 0 Å². The Hall–Kier alpha value is -2.29. The molecule has 1 N–H and O–H groups in total. The lowest BCUT2D eigenvalue weighted by Gasteiger charge is -2.14. The molecule has 0 saturated carbocycles. The van der Waals surface area contributed by atoms with Crippen molar-refractivity contribution in [2.24, 2.45) is 0 Å². The second-order valence-corrected chi connectivity index (χ2v) is 5.13. The third-order valence-corrected chi connectivity index (χ3v) is 3.39. The molecule has 0 heterocycles. The molecule has 0 fully saturated rings. The standard InChI is InChI=1S/C18H21NO2/c1-4-14(3)21-16-10-7-9-15(12-16)19-18(20)17-11-6-5-8-13(17)2/h5-12,14H,4H2,1-3H3,(H,19,20). The molecule has 2 rings (SSSR count). The summed E-state index contributed by atoms with van der Waals surface area (Å²) in [7, 11) is 0. The highest BCUT2D eigenvalue weighted by Gasteiger charge is 2.09. The fourth-order valence-corrected chi connectivity index (χ4v) is 1.99. The molecule has 21 heavy (non-hydrogen) atoms. The Balaban J connectivity index is 2.11. The third kappa shape index (κ3) is 4.09. The number of benzene rings is 2. The van der Waals surface area contributed by atoms with E-state index in [-0.39, 0.29) is 12.0 Å². The molecule has 110 valence electrons. The molecule has 0 spiro atoms. The first-order valence-electron chi connectivity index (χ1n) is 7.24. The Morgan fingerprint density at radius 3 is 2.67 bits per heavy atom. The van der Waals surface area contributed by atoms with E-state index in [1.807, 2.05) is 62.4 Å². The van der Waals surface area contributed by atoms with Gasteiger partial charge in [0.1, 0.15) is 5.75 Å². The largest absolute Gasteiger partial charge is 0.491 e. The Kier molecular flexibility index (Phi) is 4.99. The van der Waals surface area contributed by atoms with E-state index in [1.165, 1.54) is 0 Å². The van der Waals surface area contributed by atoms with Crippen molar-refractivity contribution in [1.29, 1.82) is 0 Å². The second-order valence-electron chi connectivity index (χ2n) is 5.13. The first-order chi connectivity index (χ1) is 10.1. The van der Waals surface area contributed by atoms with Crippen LogP contribution in [-0.2, 0) is 0 Å². The van der Waals surface area contributed by atoms with E-state index in [1.54, 1.807) is 0 Å². The summed E-state index contributed by atoms with van der Waals surface area (Å²) < 4.78 is 5.76. The van der Waals surface area contributed by atoms with Crippen LogP contribution in [0, 0.1) is 6.92 Å². The van der Waals surface area contributed by atoms with Crippen LogP contribution in [0.25, 0.3) is 0 Å². The van der Waals surface area contributed by atoms with E-state index in [0.717, 1.165) is 23.4 Å². The summed E-state index contributed by atoms with van der Waals surface area (Å²) in [5, 5.41) is 2.91. The van der Waals surface area contributed by atoms with Crippen molar-refractivity contribution in [1.82, 2.24) is 0 Å². The summed E-state index contributed by atoms with van der Waals surface area (Å²) in [5.74, 6) is 0.667. The summed E-state index contributed by atoms with van der Waals surface area (Å²) in [6.45, 7) is 6.03. The fraction of sp³-hybridized carbons (Fsp3) is 0.278. The van der Waals surface area contributed by atoms with Gasteiger partial charge < -0.3 is 10.1 Å². The minimum Gasteiger partial charge on any atom is -0.491 e. The molecule has 0 bridgehead atoms. The van der Waals surface area contributed by atoms with Crippen LogP contribution in [0.2, 0.25) is 0 Å². The zero-order valence-corrected chi connectivity index (χ0v) is 12.7. The van der Waals surface area contributed by atoms with Crippen molar-refractivity contribution >= 4 is 11.6 Å². The Morgan fingerprint density at radius 1 is 1.19 bits per heavy atom. The summed E-state index contributed by atoms with van der Waals surface area (Å²) in [6.07, 6.45) is 1.10. The molecule has 0 aliphatic rings. The third-order valence-electron chi connectivity index (χ3n) is 3.39. The number of nitrogens with one attached hydrogen (secondary N) is 1. The molecule has 0 aliphatic heterocycles. The van der Waals surface area contributed by atoms with Gasteiger partial charge in [0.05, 0.1) is 6.10 Å². The summed E-state index contributed by atoms with van der Waals surface area (Å²) >= 11 is 0. The maximum absolute atomic E-state index is 12.3. The predicted molar refractivity (Wildman–Crippen MR) is 86.0 cm³/mol. The number of hydrogen-bond acceptors (Lipinski definition) is 2. The number of aryl methyl sites for hydroxylation is 1. The van der Waals surface area contributed by atoms with Gasteiger partial charge in [-0.1, -0.05) is 31.2 Å². The van der Waals surface area contributed by atoms with Crippen LogP contribution in [0.3, 0.4) is 0 Å². The number of carbonyl (C=O) groups excluding carboxylic acids is 1. The lowest BCUT2D eigenvalue weighted by molar-refractivity contribution is 0.102. The predicted octanol–water partition coefficient (Wildman–Crippen LogP) is 4.42. The molecule has 2 aromatic carbocycles. The normalized spacial score (nSPS) is 11.8. The van der Waals surface area contributed by atoms with E-state index in [0.29, 0.717) is 5.56 Å². The van der Waals surface area contributed by atoms with Gasteiger partial charge in [0, 0.05) is 17.3 Å². The van der Waals surface area contributed by atoms with Gasteiger partial charge in [0.25, 0.3) is 5.91 Å². The summed E-state index contributed by atoms with van der Waals surface area (Å²) in [4.78, 5) is 12.3. The first-order valence-corrected chi connectivity index (χ1v) is 7.24. The van der Waals surface area contributed by atoms with Crippen molar-refractivity contribution in [3.8, 4) is 5.75 Å². The molecule has 0 aliphatic carbocycles. The maximum atomic E-state index is 12.3. The van der Waals surface area contributed by atoms with Gasteiger partial charge >= 0.3 is 0 Å². The van der Waals surface area contributed by atoms with Gasteiger partial charge in [0.2, 0.25) is 0 Å². The Labute approximate surface area is 126 Å². The van der Waals surface area contributed by atoms with Crippen LogP contribution in [0.15, 0.2) is 48.5 Å². The average molecular weight is 283 g/mol. The number of rotatable bonds is 5. The highest BCUT2D eigenvalue weighted by atomic mass is 16.5. The van der Waals surface area contributed by atoms with Crippen molar-refractivity contribution in [3.05, 3.63) is 59.7 Å². The molecule has 0 radical (unpaired) electrons. The van der Waals surface area contributed by atoms with Crippen LogP contribution in [0.1, 0.15) is 36.2 Å². The smallest absolute Gasteiger partial charge is 0.255 e. The molecule has 0 aromatic heterocycles. The zero-order valence-electron chi connectivity index (χ0n) is 12.7. The Bertz CT molecular complexity index is 622. The first kappa shape index (κ1) is 15.1. The molecule has 1 unspecified atom stereocenters. The zero-order chi connectivity index (χ0) is 15.2. The summed E-state index contributed by atoms with van der Waals surface area (Å²) in [6, 6.07) is 15.0. The van der Waals surface area contributed by atoms with Gasteiger partial charge in [0.15, 0.2) is 0 Å². The number of anilines is 1. The molecule has 3 heteroatoms. The molecule has 0 saturated heterocycles. The highest BCUT2D eigenvalue weighted by Crippen LogP contribution is 2.20. The Morgan fingerprint density at radius 2 is 1.95 bits per heavy atom. The van der Waals surface area contributed by atoms with E-state index in [2.05, 4.69) is 12.2 Å². The molecule has 2 aromatic rings. The van der Waals surface area contributed by atoms with E-state index >= 15 is 0 Å². The second kappa shape index (κ2) is 6.93. The minimum absolute atomic E-state index is 0.103. The average Bonchev–Trinajstić information content (AvgIpc) is 2.47. The van der Waals surface area contributed by atoms with Gasteiger partial charge in [-0.15, -0.1) is 0 Å². The van der Waals surface area contributed by atoms with E-state index in [9.17, 15) is 4.79 Å². The molecular formula is C18H21NO2. The number of ether oxygens (including phenoxy) is 1. The van der Waals surface area contributed by atoms with Crippen molar-refractivity contribution in [2.75, 3.05) is 5.32 Å². The number of hydrogen-bond donors (Lipinski definition) is 1. The topological polar surface area (TPSA) is 38.3 Å². The molecule has 3 nitrogen and oxygen atoms in total. The van der Waals surface area contributed by atoms with Gasteiger partial charge in [-0.05, 0) is 44.0 Å². The SMILES string of the molecule is CCC(C)Oc1cccc(NC(=O)c2ccccc2C)c1. The number of amides is 1. The lowest BCUT2D eigenvalue weighted by atomic mass is 10.1. The molecular weight excluding hydrogens is 262 g/mol. The number of carbonyl (C=O) groups is 1. The summed E-state index contributed by atoms with van der Waals surface area (Å²) in [5.41, 5.74) is 2.39. The van der Waals surface area contributed by atoms with Crippen molar-refractivity contribution in [3.63, 3.8) is 0 Å². The van der Waals surface area contributed by atoms with Crippen LogP contribution in [0.4, 0.5) is 5.69 Å². The quantitative estimate of drug-likeness (QED) is 0.881. The van der Waals surface area contributed by atoms with Gasteiger partial charge in [-0.3, -0.25) is 4.79 Å². The molecule has 1 amide bonds. The van der Waals surface area contributed by atoms with Crippen molar-refractivity contribution < 1.29 is 9.53 Å². The highest BCUT2D eigenvalue weighted by molar-refractivity contribution is 6.05. The van der Waals surface area contributed by atoms with Gasteiger partial charge in [-0.25, -0.2) is 0 Å². The molecule has 1 atom stereocenters. The van der Waals surface area contributed by atoms with Gasteiger partial charge in [-0.2, -0.15) is 0 Å². The van der Waals surface area contributed by atoms with Crippen molar-refractivity contribution in [2.45, 2.75) is 33.3 Å². The van der Waals surface area contributed by atoms with Crippen LogP contribution in [-0.4, -0.2) is 12.0 Å². The maximum Gasteiger partial charge on any atom is 0.255 e. The van der Waals surface area contributed by atoms with Crippen LogP contribution >= 0.6 is 0 Å². The van der Waals surface area contributed by atoms with E-state index in [4.69, 9.17) is 4.74 Å². The lowest BCUT2D eigenvalue weighted by Crippen LogP contribution is -2.14. The van der Waals surface area contributed by atoms with Crippen LogP contribution in [0.5, 0.6) is 5.75 Å². The minimum atomic E-state index is -0.103. The van der Waals surface area contributed by atoms with Crippen LogP contribution < -0.4 is 10.1 Å².